The number of hydrogen-bond acceptors (Lipinski definition) is 3. The van der Waals surface area contributed by atoms with Gasteiger partial charge >= 0.3 is 0 Å². The van der Waals surface area contributed by atoms with E-state index in [2.05, 4.69) is 0 Å². The first-order valence-electron chi connectivity index (χ1n) is 7.47. The zero-order valence-corrected chi connectivity index (χ0v) is 15.6. The summed E-state index contributed by atoms with van der Waals surface area (Å²) in [6.07, 6.45) is 2.15. The summed E-state index contributed by atoms with van der Waals surface area (Å²) in [4.78, 5) is 0.460. The second-order valence-corrected chi connectivity index (χ2v) is 8.19. The number of sulfonamides is 1. The lowest BCUT2D eigenvalue weighted by atomic mass is 10.0. The van der Waals surface area contributed by atoms with Crippen LogP contribution in [0.25, 0.3) is 0 Å². The third-order valence-corrected chi connectivity index (χ3v) is 6.97. The molecule has 126 valence electrons. The van der Waals surface area contributed by atoms with Crippen molar-refractivity contribution in [2.75, 3.05) is 13.6 Å². The number of benzene rings is 1. The minimum atomic E-state index is -3.51. The lowest BCUT2D eigenvalue weighted by molar-refractivity contribution is 0.340. The van der Waals surface area contributed by atoms with E-state index in [0.29, 0.717) is 17.4 Å². The van der Waals surface area contributed by atoms with Gasteiger partial charge in [0.2, 0.25) is 10.0 Å². The molecule has 1 unspecified atom stereocenters. The molecule has 4 nitrogen and oxygen atoms in total. The summed E-state index contributed by atoms with van der Waals surface area (Å²) in [7, 11) is -1.84. The maximum absolute atomic E-state index is 13.1. The quantitative estimate of drug-likeness (QED) is 0.891. The van der Waals surface area contributed by atoms with Crippen LogP contribution in [0.5, 0.6) is 0 Å². The maximum atomic E-state index is 13.1. The van der Waals surface area contributed by atoms with Crippen molar-refractivity contribution in [3.63, 3.8) is 0 Å². The first kappa shape index (κ1) is 19.4. The van der Waals surface area contributed by atoms with Crippen molar-refractivity contribution in [3.8, 4) is 0 Å². The number of hydrogen-bond donors (Lipinski definition) is 1. The zero-order chi connectivity index (χ0) is 15.9. The Morgan fingerprint density at radius 3 is 2.00 bits per heavy atom. The molecule has 2 rings (SSSR count). The predicted molar refractivity (Wildman–Crippen MR) is 93.2 cm³/mol. The molecule has 1 atom stereocenters. The molecule has 1 aliphatic rings. The van der Waals surface area contributed by atoms with Gasteiger partial charge in [-0.3, -0.25) is 0 Å². The van der Waals surface area contributed by atoms with Gasteiger partial charge in [0.25, 0.3) is 0 Å². The molecule has 0 spiro atoms. The Hall–Kier alpha value is -0.620. The van der Waals surface area contributed by atoms with E-state index in [-0.39, 0.29) is 18.4 Å². The molecule has 0 radical (unpaired) electrons. The SMILES string of the molecule is Cc1cc(C)c(C)c(S(=O)(=O)N(C)C(CN)C2CC2)c1C.Cl. The van der Waals surface area contributed by atoms with E-state index in [1.54, 1.807) is 7.05 Å². The van der Waals surface area contributed by atoms with Crippen LogP contribution in [0.4, 0.5) is 0 Å². The summed E-state index contributed by atoms with van der Waals surface area (Å²) < 4.78 is 27.7. The maximum Gasteiger partial charge on any atom is 0.243 e. The Labute approximate surface area is 140 Å². The second kappa shape index (κ2) is 6.87. The van der Waals surface area contributed by atoms with E-state index in [4.69, 9.17) is 5.73 Å². The summed E-state index contributed by atoms with van der Waals surface area (Å²) in [5.74, 6) is 0.418. The van der Waals surface area contributed by atoms with Crippen LogP contribution in [0.15, 0.2) is 11.0 Å². The Morgan fingerprint density at radius 2 is 1.64 bits per heavy atom. The zero-order valence-electron chi connectivity index (χ0n) is 14.0. The van der Waals surface area contributed by atoms with Crippen LogP contribution in [0.2, 0.25) is 0 Å². The van der Waals surface area contributed by atoms with Gasteiger partial charge in [-0.15, -0.1) is 12.4 Å². The summed E-state index contributed by atoms with van der Waals surface area (Å²) in [5, 5.41) is 0. The van der Waals surface area contributed by atoms with Crippen molar-refractivity contribution in [1.29, 1.82) is 0 Å². The molecule has 0 bridgehead atoms. The predicted octanol–water partition coefficient (Wildman–Crippen LogP) is 2.70. The molecule has 0 saturated heterocycles. The Morgan fingerprint density at radius 1 is 1.18 bits per heavy atom. The first-order valence-corrected chi connectivity index (χ1v) is 8.91. The van der Waals surface area contributed by atoms with Crippen molar-refractivity contribution in [2.24, 2.45) is 11.7 Å². The van der Waals surface area contributed by atoms with Crippen LogP contribution in [-0.2, 0) is 10.0 Å². The van der Waals surface area contributed by atoms with Gasteiger partial charge in [-0.2, -0.15) is 4.31 Å². The minimum absolute atomic E-state index is 0. The minimum Gasteiger partial charge on any atom is -0.329 e. The molecule has 6 heteroatoms. The van der Waals surface area contributed by atoms with Crippen molar-refractivity contribution in [3.05, 3.63) is 28.3 Å². The number of aryl methyl sites for hydroxylation is 2. The van der Waals surface area contributed by atoms with Gasteiger partial charge < -0.3 is 5.73 Å². The number of nitrogens with zero attached hydrogens (tertiary/aromatic N) is 1. The molecule has 0 aromatic heterocycles. The van der Waals surface area contributed by atoms with Crippen LogP contribution >= 0.6 is 12.4 Å². The lowest BCUT2D eigenvalue weighted by Crippen LogP contribution is -2.43. The van der Waals surface area contributed by atoms with E-state index in [9.17, 15) is 8.42 Å². The fraction of sp³-hybridized carbons (Fsp3) is 0.625. The highest BCUT2D eigenvalue weighted by atomic mass is 35.5. The number of nitrogens with two attached hydrogens (primary N) is 1. The Balaban J connectivity index is 0.00000242. The Kier molecular flexibility index (Phi) is 6.07. The summed E-state index contributed by atoms with van der Waals surface area (Å²) in [5.41, 5.74) is 9.54. The summed E-state index contributed by atoms with van der Waals surface area (Å²) in [6, 6.07) is 1.96. The first-order chi connectivity index (χ1) is 9.71. The topological polar surface area (TPSA) is 63.4 Å². The molecule has 0 heterocycles. The van der Waals surface area contributed by atoms with Crippen molar-refractivity contribution in [1.82, 2.24) is 4.31 Å². The number of halogens is 1. The van der Waals surface area contributed by atoms with E-state index < -0.39 is 10.0 Å². The fourth-order valence-corrected chi connectivity index (χ4v) is 5.01. The van der Waals surface area contributed by atoms with E-state index in [1.807, 2.05) is 33.8 Å². The largest absolute Gasteiger partial charge is 0.329 e. The van der Waals surface area contributed by atoms with Gasteiger partial charge in [0.05, 0.1) is 4.90 Å². The van der Waals surface area contributed by atoms with Gasteiger partial charge in [0, 0.05) is 19.6 Å². The normalized spacial score (nSPS) is 16.5. The van der Waals surface area contributed by atoms with Crippen LogP contribution < -0.4 is 5.73 Å². The smallest absolute Gasteiger partial charge is 0.243 e. The van der Waals surface area contributed by atoms with Gasteiger partial charge in [-0.05, 0) is 68.7 Å². The molecule has 1 aliphatic carbocycles. The van der Waals surface area contributed by atoms with Gasteiger partial charge in [-0.25, -0.2) is 8.42 Å². The molecule has 2 N–H and O–H groups in total. The van der Waals surface area contributed by atoms with Crippen LogP contribution in [0.1, 0.15) is 35.1 Å². The van der Waals surface area contributed by atoms with Gasteiger partial charge in [0.1, 0.15) is 0 Å². The highest BCUT2D eigenvalue weighted by Crippen LogP contribution is 2.37. The third-order valence-electron chi connectivity index (χ3n) is 4.81. The molecule has 1 aromatic rings. The average molecular weight is 347 g/mol. The van der Waals surface area contributed by atoms with Crippen molar-refractivity contribution < 1.29 is 8.42 Å². The lowest BCUT2D eigenvalue weighted by Gasteiger charge is -2.28. The molecule has 0 aliphatic heterocycles. The van der Waals surface area contributed by atoms with Crippen molar-refractivity contribution >= 4 is 22.4 Å². The fourth-order valence-electron chi connectivity index (χ4n) is 3.01. The van der Waals surface area contributed by atoms with Gasteiger partial charge in [-0.1, -0.05) is 6.07 Å². The van der Waals surface area contributed by atoms with E-state index in [0.717, 1.165) is 35.1 Å². The molecule has 1 fully saturated rings. The monoisotopic (exact) mass is 346 g/mol. The number of likely N-dealkylation sites (N-methyl/N-ethyl adjacent to an activating group) is 1. The molecule has 0 amide bonds. The molecule has 22 heavy (non-hydrogen) atoms. The summed E-state index contributed by atoms with van der Waals surface area (Å²) in [6.45, 7) is 8.07. The van der Waals surface area contributed by atoms with Gasteiger partial charge in [0.15, 0.2) is 0 Å². The standard InChI is InChI=1S/C16H26N2O2S.ClH/c1-10-8-11(2)13(4)16(12(10)3)21(19,20)18(5)15(9-17)14-6-7-14;/h8,14-15H,6-7,9,17H2,1-5H3;1H. The van der Waals surface area contributed by atoms with Crippen LogP contribution in [-0.4, -0.2) is 32.4 Å². The average Bonchev–Trinajstić information content (AvgIpc) is 3.22. The van der Waals surface area contributed by atoms with Crippen LogP contribution in [0, 0.1) is 33.6 Å². The molecule has 1 aromatic carbocycles. The van der Waals surface area contributed by atoms with Crippen LogP contribution in [0.3, 0.4) is 0 Å². The Bertz CT molecular complexity index is 628. The van der Waals surface area contributed by atoms with E-state index >= 15 is 0 Å². The second-order valence-electron chi connectivity index (χ2n) is 6.25. The highest BCUT2D eigenvalue weighted by Gasteiger charge is 2.39. The molecular formula is C16H27ClN2O2S. The molecule has 1 saturated carbocycles. The summed E-state index contributed by atoms with van der Waals surface area (Å²) >= 11 is 0. The van der Waals surface area contributed by atoms with E-state index in [1.165, 1.54) is 4.31 Å². The van der Waals surface area contributed by atoms with Crippen molar-refractivity contribution in [2.45, 2.75) is 51.5 Å². The molecular weight excluding hydrogens is 320 g/mol. The number of rotatable bonds is 5. The third kappa shape index (κ3) is 3.32. The highest BCUT2D eigenvalue weighted by molar-refractivity contribution is 7.89.